The Labute approximate surface area is 211 Å². The first-order valence-corrected chi connectivity index (χ1v) is 12.8. The molecule has 4 N–H and O–H groups in total. The largest absolute Gasteiger partial charge is 0.382 e. The van der Waals surface area contributed by atoms with Crippen molar-refractivity contribution in [1.29, 1.82) is 0 Å². The van der Waals surface area contributed by atoms with Crippen molar-refractivity contribution in [3.8, 4) is 0 Å². The molecule has 0 aromatic carbocycles. The van der Waals surface area contributed by atoms with Gasteiger partial charge >= 0.3 is 0 Å². The Balaban J connectivity index is 1.18. The van der Waals surface area contributed by atoms with Crippen molar-refractivity contribution >= 4 is 51.8 Å². The second-order valence-electron chi connectivity index (χ2n) is 9.48. The standard InChI is InChI=1S/C25H23ClN8S/c26-20-17(4-8-30-22(20)28)35-18-1-2-19-32-23(16-13-31-24(18)34(16)19)33-9-5-25(6-10-33)11-14-3-7-29-12-15(14)21(25)27/h1-4,7-8,12-13,21H,5-6,9-11,27H2,(H2,28,30)/t21-/m1/s1. The van der Waals surface area contributed by atoms with Crippen LogP contribution in [0.2, 0.25) is 5.02 Å². The topological polar surface area (TPSA) is 111 Å². The van der Waals surface area contributed by atoms with Crippen LogP contribution in [0.3, 0.4) is 0 Å². The molecule has 1 aliphatic carbocycles. The number of hydrogen-bond acceptors (Lipinski definition) is 8. The molecule has 0 radical (unpaired) electrons. The number of imidazole rings is 2. The van der Waals surface area contributed by atoms with Crippen LogP contribution in [0.5, 0.6) is 0 Å². The molecular formula is C25H23ClN8S. The van der Waals surface area contributed by atoms with Crippen molar-refractivity contribution < 1.29 is 0 Å². The van der Waals surface area contributed by atoms with Crippen molar-refractivity contribution in [3.63, 3.8) is 0 Å². The van der Waals surface area contributed by atoms with E-state index >= 15 is 0 Å². The van der Waals surface area contributed by atoms with Gasteiger partial charge in [0, 0.05) is 42.6 Å². The lowest BCUT2D eigenvalue weighted by Gasteiger charge is -2.42. The molecule has 176 valence electrons. The number of pyridine rings is 3. The molecule has 0 saturated carbocycles. The lowest BCUT2D eigenvalue weighted by Crippen LogP contribution is -2.44. The Kier molecular flexibility index (Phi) is 4.64. The number of rotatable bonds is 3. The summed E-state index contributed by atoms with van der Waals surface area (Å²) in [5, 5.41) is 0.462. The zero-order valence-electron chi connectivity index (χ0n) is 18.9. The number of halogens is 1. The fourth-order valence-electron chi connectivity index (χ4n) is 5.77. The van der Waals surface area contributed by atoms with Gasteiger partial charge in [-0.25, -0.2) is 15.0 Å². The van der Waals surface area contributed by atoms with E-state index in [4.69, 9.17) is 33.0 Å². The quantitative estimate of drug-likeness (QED) is 0.375. The van der Waals surface area contributed by atoms with Crippen LogP contribution >= 0.6 is 23.4 Å². The monoisotopic (exact) mass is 502 g/mol. The smallest absolute Gasteiger partial charge is 0.157 e. The molecule has 1 fully saturated rings. The number of nitrogens with zero attached hydrogens (tertiary/aromatic N) is 6. The molecule has 1 atom stereocenters. The molecule has 5 aromatic rings. The number of piperidine rings is 1. The summed E-state index contributed by atoms with van der Waals surface area (Å²) in [6.45, 7) is 1.84. The van der Waals surface area contributed by atoms with Gasteiger partial charge in [0.25, 0.3) is 0 Å². The van der Waals surface area contributed by atoms with Crippen molar-refractivity contribution in [2.24, 2.45) is 11.1 Å². The third kappa shape index (κ3) is 3.11. The SMILES string of the molecule is Nc1nccc(Sc2ccc3nc(N4CCC5(CC4)Cc4ccncc4[C@H]5N)c4cnc2n34)c1Cl. The number of hydrogen-bond donors (Lipinski definition) is 2. The van der Waals surface area contributed by atoms with Gasteiger partial charge in [0.2, 0.25) is 0 Å². The minimum atomic E-state index is 0.0476. The molecule has 1 aliphatic heterocycles. The fraction of sp³-hybridized carbons (Fsp3) is 0.280. The molecule has 10 heteroatoms. The van der Waals surface area contributed by atoms with Gasteiger partial charge in [-0.15, -0.1) is 0 Å². The minimum absolute atomic E-state index is 0.0476. The highest BCUT2D eigenvalue weighted by atomic mass is 35.5. The Hall–Kier alpha value is -3.14. The highest BCUT2D eigenvalue weighted by Gasteiger charge is 2.46. The molecule has 6 heterocycles. The van der Waals surface area contributed by atoms with E-state index in [1.165, 1.54) is 22.9 Å². The maximum Gasteiger partial charge on any atom is 0.157 e. The number of nitrogen functional groups attached to an aromatic ring is 1. The molecule has 2 aliphatic rings. The van der Waals surface area contributed by atoms with Gasteiger partial charge < -0.3 is 16.4 Å². The Morgan fingerprint density at radius 1 is 1.03 bits per heavy atom. The van der Waals surface area contributed by atoms with Gasteiger partial charge in [-0.1, -0.05) is 23.4 Å². The van der Waals surface area contributed by atoms with Gasteiger partial charge in [-0.2, -0.15) is 0 Å². The molecule has 5 aromatic heterocycles. The highest BCUT2D eigenvalue weighted by Crippen LogP contribution is 2.51. The van der Waals surface area contributed by atoms with Crippen LogP contribution < -0.4 is 16.4 Å². The van der Waals surface area contributed by atoms with Crippen molar-refractivity contribution in [1.82, 2.24) is 24.3 Å². The van der Waals surface area contributed by atoms with E-state index in [9.17, 15) is 0 Å². The third-order valence-corrected chi connectivity index (χ3v) is 9.30. The Bertz CT molecular complexity index is 1580. The molecule has 0 amide bonds. The molecule has 7 rings (SSSR count). The van der Waals surface area contributed by atoms with Gasteiger partial charge in [0.05, 0.1) is 16.1 Å². The maximum atomic E-state index is 6.74. The third-order valence-electron chi connectivity index (χ3n) is 7.69. The van der Waals surface area contributed by atoms with Crippen molar-refractivity contribution in [2.45, 2.75) is 35.1 Å². The average Bonchev–Trinajstić information content (AvgIpc) is 3.55. The normalized spacial score (nSPS) is 19.3. The summed E-state index contributed by atoms with van der Waals surface area (Å²) in [6.07, 6.45) is 10.5. The van der Waals surface area contributed by atoms with Crippen molar-refractivity contribution in [3.05, 3.63) is 65.2 Å². The highest BCUT2D eigenvalue weighted by molar-refractivity contribution is 7.99. The summed E-state index contributed by atoms with van der Waals surface area (Å²) >= 11 is 7.91. The average molecular weight is 503 g/mol. The Morgan fingerprint density at radius 2 is 1.89 bits per heavy atom. The van der Waals surface area contributed by atoms with E-state index in [0.717, 1.165) is 64.8 Å². The van der Waals surface area contributed by atoms with Crippen LogP contribution in [0.15, 0.2) is 58.8 Å². The van der Waals surface area contributed by atoms with E-state index in [1.54, 1.807) is 6.20 Å². The lowest BCUT2D eigenvalue weighted by molar-refractivity contribution is 0.187. The molecule has 0 bridgehead atoms. The molecule has 1 saturated heterocycles. The van der Waals surface area contributed by atoms with Gasteiger partial charge in [0.15, 0.2) is 11.5 Å². The number of fused-ring (bicyclic) bond motifs is 1. The summed E-state index contributed by atoms with van der Waals surface area (Å²) < 4.78 is 2.13. The number of aromatic nitrogens is 5. The molecule has 0 unspecified atom stereocenters. The summed E-state index contributed by atoms with van der Waals surface area (Å²) in [6, 6.07) is 8.12. The minimum Gasteiger partial charge on any atom is -0.382 e. The van der Waals surface area contributed by atoms with Crippen LogP contribution in [0.4, 0.5) is 11.6 Å². The fourth-order valence-corrected chi connectivity index (χ4v) is 6.92. The maximum absolute atomic E-state index is 6.74. The van der Waals surface area contributed by atoms with Crippen LogP contribution in [-0.4, -0.2) is 37.4 Å². The Morgan fingerprint density at radius 3 is 2.71 bits per heavy atom. The van der Waals surface area contributed by atoms with Crippen LogP contribution in [0.1, 0.15) is 30.0 Å². The molecule has 1 spiro atoms. The summed E-state index contributed by atoms with van der Waals surface area (Å²) in [7, 11) is 0. The van der Waals surface area contributed by atoms with E-state index in [1.807, 2.05) is 36.8 Å². The zero-order chi connectivity index (χ0) is 23.7. The summed E-state index contributed by atoms with van der Waals surface area (Å²) in [4.78, 5) is 22.3. The first-order chi connectivity index (χ1) is 17.0. The molecule has 35 heavy (non-hydrogen) atoms. The molecule has 8 nitrogen and oxygen atoms in total. The predicted octanol–water partition coefficient (Wildman–Crippen LogP) is 4.34. The van der Waals surface area contributed by atoms with Crippen molar-refractivity contribution in [2.75, 3.05) is 23.7 Å². The van der Waals surface area contributed by atoms with E-state index in [2.05, 4.69) is 25.3 Å². The second-order valence-corrected chi connectivity index (χ2v) is 10.9. The predicted molar refractivity (Wildman–Crippen MR) is 138 cm³/mol. The number of nitrogens with two attached hydrogens (primary N) is 2. The van der Waals surface area contributed by atoms with Gasteiger partial charge in [-0.3, -0.25) is 9.38 Å². The first-order valence-electron chi connectivity index (χ1n) is 11.6. The molecular weight excluding hydrogens is 480 g/mol. The first kappa shape index (κ1) is 21.2. The zero-order valence-corrected chi connectivity index (χ0v) is 20.4. The van der Waals surface area contributed by atoms with Crippen LogP contribution in [0, 0.1) is 5.41 Å². The van der Waals surface area contributed by atoms with Gasteiger partial charge in [0.1, 0.15) is 17.0 Å². The summed E-state index contributed by atoms with van der Waals surface area (Å²) in [5.41, 5.74) is 18.1. The van der Waals surface area contributed by atoms with E-state index < -0.39 is 0 Å². The van der Waals surface area contributed by atoms with E-state index in [0.29, 0.717) is 10.8 Å². The second kappa shape index (κ2) is 7.68. The van der Waals surface area contributed by atoms with E-state index in [-0.39, 0.29) is 11.5 Å². The van der Waals surface area contributed by atoms with Crippen LogP contribution in [0.25, 0.3) is 16.8 Å². The van der Waals surface area contributed by atoms with Crippen LogP contribution in [-0.2, 0) is 6.42 Å². The summed E-state index contributed by atoms with van der Waals surface area (Å²) in [5.74, 6) is 1.31. The van der Waals surface area contributed by atoms with Gasteiger partial charge in [-0.05, 0) is 60.1 Å². The number of anilines is 2. The lowest BCUT2D eigenvalue weighted by atomic mass is 9.73.